The Bertz CT molecular complexity index is 1300. The maximum absolute atomic E-state index is 14.7. The van der Waals surface area contributed by atoms with Gasteiger partial charge < -0.3 is 25.3 Å². The number of hydrogen-bond donors (Lipinski definition) is 3. The van der Waals surface area contributed by atoms with E-state index in [2.05, 4.69) is 32.1 Å². The summed E-state index contributed by atoms with van der Waals surface area (Å²) in [6, 6.07) is 4.14. The van der Waals surface area contributed by atoms with Gasteiger partial charge in [0.15, 0.2) is 5.67 Å². The van der Waals surface area contributed by atoms with Crippen molar-refractivity contribution in [2.75, 3.05) is 34.8 Å². The van der Waals surface area contributed by atoms with E-state index in [4.69, 9.17) is 4.98 Å². The third kappa shape index (κ3) is 4.92. The molecule has 2 aliphatic heterocycles. The van der Waals surface area contributed by atoms with Gasteiger partial charge in [0.1, 0.15) is 17.5 Å². The lowest BCUT2D eigenvalue weighted by Gasteiger charge is -2.40. The van der Waals surface area contributed by atoms with E-state index in [9.17, 15) is 14.6 Å². The van der Waals surface area contributed by atoms with E-state index in [1.807, 2.05) is 25.4 Å². The molecule has 9 nitrogen and oxygen atoms in total. The van der Waals surface area contributed by atoms with Crippen LogP contribution in [0.2, 0.25) is 0 Å². The third-order valence-corrected chi connectivity index (χ3v) is 7.95. The van der Waals surface area contributed by atoms with Gasteiger partial charge in [-0.05, 0) is 63.6 Å². The number of fused-ring (bicyclic) bond motifs is 1. The molecule has 198 valence electrons. The molecule has 5 heterocycles. The number of anilines is 4. The molecule has 2 saturated heterocycles. The predicted octanol–water partition coefficient (Wildman–Crippen LogP) is 3.94. The number of nitrogens with zero attached hydrogens (tertiary/aromatic N) is 6. The van der Waals surface area contributed by atoms with Crippen LogP contribution in [0.25, 0.3) is 10.8 Å². The fraction of sp³-hybridized carbons (Fsp3) is 0.556. The molecular formula is C27H36FN7O2. The summed E-state index contributed by atoms with van der Waals surface area (Å²) in [5, 5.41) is 25.9. The van der Waals surface area contributed by atoms with E-state index in [0.29, 0.717) is 36.6 Å². The quantitative estimate of drug-likeness (QED) is 0.455. The van der Waals surface area contributed by atoms with E-state index >= 15 is 0 Å². The lowest BCUT2D eigenvalue weighted by molar-refractivity contribution is -0.00860. The van der Waals surface area contributed by atoms with E-state index < -0.39 is 17.4 Å². The van der Waals surface area contributed by atoms with Gasteiger partial charge in [-0.3, -0.25) is 0 Å². The lowest BCUT2D eigenvalue weighted by atomic mass is 9.85. The summed E-state index contributed by atoms with van der Waals surface area (Å²) >= 11 is 0. The normalized spacial score (nSPS) is 25.2. The average molecular weight is 510 g/mol. The molecule has 3 aromatic rings. The molecule has 0 saturated carbocycles. The summed E-state index contributed by atoms with van der Waals surface area (Å²) in [5.74, 6) is 2.28. The van der Waals surface area contributed by atoms with Gasteiger partial charge in [0.05, 0.1) is 18.2 Å². The molecule has 2 fully saturated rings. The SMILES string of the molecule is C[C@@H]1CCN1c1ncc([C@H](C)C(C)(C)O)c2cc(Nc3ccnc(N4CC[C@@H](O)[C@@](C)(F)C4)n3)ncc12. The molecule has 2 aliphatic rings. The Hall–Kier alpha value is -3.11. The van der Waals surface area contributed by atoms with Crippen molar-refractivity contribution in [3.05, 3.63) is 36.3 Å². The summed E-state index contributed by atoms with van der Waals surface area (Å²) in [4.78, 5) is 22.4. The molecular weight excluding hydrogens is 473 g/mol. The van der Waals surface area contributed by atoms with Crippen LogP contribution in [0.1, 0.15) is 58.9 Å². The van der Waals surface area contributed by atoms with E-state index in [1.54, 1.807) is 31.0 Å². The maximum Gasteiger partial charge on any atom is 0.227 e. The summed E-state index contributed by atoms with van der Waals surface area (Å²) in [6.45, 7) is 10.7. The van der Waals surface area contributed by atoms with E-state index in [1.165, 1.54) is 6.92 Å². The van der Waals surface area contributed by atoms with E-state index in [-0.39, 0.29) is 12.5 Å². The number of halogens is 1. The molecule has 3 aromatic heterocycles. The molecule has 10 heteroatoms. The number of nitrogens with one attached hydrogen (secondary N) is 1. The third-order valence-electron chi connectivity index (χ3n) is 7.95. The molecule has 0 unspecified atom stereocenters. The van der Waals surface area contributed by atoms with Crippen LogP contribution in [0.4, 0.5) is 27.8 Å². The predicted molar refractivity (Wildman–Crippen MR) is 143 cm³/mol. The van der Waals surface area contributed by atoms with Crippen molar-refractivity contribution in [3.63, 3.8) is 0 Å². The van der Waals surface area contributed by atoms with Gasteiger partial charge in [-0.15, -0.1) is 0 Å². The number of aliphatic hydroxyl groups is 2. The summed E-state index contributed by atoms with van der Waals surface area (Å²) < 4.78 is 14.7. The van der Waals surface area contributed by atoms with E-state index in [0.717, 1.165) is 35.1 Å². The van der Waals surface area contributed by atoms with Crippen molar-refractivity contribution in [2.24, 2.45) is 0 Å². The first-order valence-corrected chi connectivity index (χ1v) is 12.9. The fourth-order valence-corrected chi connectivity index (χ4v) is 5.01. The van der Waals surface area contributed by atoms with Crippen molar-refractivity contribution < 1.29 is 14.6 Å². The smallest absolute Gasteiger partial charge is 0.227 e. The minimum atomic E-state index is -1.72. The number of aromatic nitrogens is 4. The molecule has 0 amide bonds. The van der Waals surface area contributed by atoms with Gasteiger partial charge in [-0.25, -0.2) is 19.3 Å². The van der Waals surface area contributed by atoms with Crippen molar-refractivity contribution in [1.82, 2.24) is 19.9 Å². The van der Waals surface area contributed by atoms with Crippen molar-refractivity contribution in [2.45, 2.75) is 76.8 Å². The average Bonchev–Trinajstić information content (AvgIpc) is 2.84. The van der Waals surface area contributed by atoms with Crippen LogP contribution >= 0.6 is 0 Å². The van der Waals surface area contributed by atoms with Gasteiger partial charge in [0.2, 0.25) is 5.95 Å². The fourth-order valence-electron chi connectivity index (χ4n) is 5.01. The second-order valence-electron chi connectivity index (χ2n) is 11.2. The van der Waals surface area contributed by atoms with Crippen LogP contribution in [-0.4, -0.2) is 73.2 Å². The highest BCUT2D eigenvalue weighted by Gasteiger charge is 2.39. The van der Waals surface area contributed by atoms with Crippen molar-refractivity contribution >= 4 is 34.2 Å². The highest BCUT2D eigenvalue weighted by atomic mass is 19.1. The number of alkyl halides is 1. The first-order valence-electron chi connectivity index (χ1n) is 12.9. The van der Waals surface area contributed by atoms with Crippen LogP contribution in [0.15, 0.2) is 30.7 Å². The monoisotopic (exact) mass is 509 g/mol. The van der Waals surface area contributed by atoms with Gasteiger partial charge in [0.25, 0.3) is 0 Å². The van der Waals surface area contributed by atoms with Crippen LogP contribution in [0, 0.1) is 0 Å². The molecule has 4 atom stereocenters. The summed E-state index contributed by atoms with van der Waals surface area (Å²) in [7, 11) is 0. The standard InChI is InChI=1S/C27H36FN7O2/c1-16-7-11-35(16)24-20-14-30-23(12-18(20)19(13-31-24)17(2)26(3,4)37)32-22-6-9-29-25(33-22)34-10-8-21(36)27(5,28)15-34/h6,9,12-14,16-17,21,36-37H,7-8,10-11,15H2,1-5H3,(H,29,30,32,33)/t16-,17+,21-,27+/m1/s1. The second-order valence-corrected chi connectivity index (χ2v) is 11.2. The Morgan fingerprint density at radius 1 is 1.14 bits per heavy atom. The topological polar surface area (TPSA) is 111 Å². The number of hydrogen-bond acceptors (Lipinski definition) is 9. The van der Waals surface area contributed by atoms with Gasteiger partial charge in [0, 0.05) is 49.0 Å². The first kappa shape index (κ1) is 25.5. The number of pyridine rings is 2. The lowest BCUT2D eigenvalue weighted by Crippen LogP contribution is -2.52. The molecule has 0 bridgehead atoms. The Morgan fingerprint density at radius 2 is 1.92 bits per heavy atom. The second kappa shape index (κ2) is 9.33. The van der Waals surface area contributed by atoms with Crippen molar-refractivity contribution in [1.29, 1.82) is 0 Å². The molecule has 0 aromatic carbocycles. The Balaban J connectivity index is 1.48. The minimum Gasteiger partial charge on any atom is -0.390 e. The van der Waals surface area contributed by atoms with Crippen LogP contribution < -0.4 is 15.1 Å². The van der Waals surface area contributed by atoms with Crippen LogP contribution in [-0.2, 0) is 0 Å². The molecule has 0 radical (unpaired) electrons. The molecule has 37 heavy (non-hydrogen) atoms. The number of aliphatic hydroxyl groups excluding tert-OH is 1. The Morgan fingerprint density at radius 3 is 2.57 bits per heavy atom. The Kier molecular flexibility index (Phi) is 6.44. The maximum atomic E-state index is 14.7. The van der Waals surface area contributed by atoms with Crippen LogP contribution in [0.5, 0.6) is 0 Å². The zero-order valence-electron chi connectivity index (χ0n) is 22.1. The number of piperidine rings is 1. The summed E-state index contributed by atoms with van der Waals surface area (Å²) in [6.07, 6.45) is 5.78. The van der Waals surface area contributed by atoms with Crippen molar-refractivity contribution in [3.8, 4) is 0 Å². The molecule has 0 aliphatic carbocycles. The highest BCUT2D eigenvalue weighted by molar-refractivity contribution is 5.96. The van der Waals surface area contributed by atoms with Gasteiger partial charge in [-0.2, -0.15) is 4.98 Å². The molecule has 0 spiro atoms. The molecule has 3 N–H and O–H groups in total. The largest absolute Gasteiger partial charge is 0.390 e. The van der Waals surface area contributed by atoms with Gasteiger partial charge >= 0.3 is 0 Å². The zero-order chi connectivity index (χ0) is 26.5. The minimum absolute atomic E-state index is 0.0226. The Labute approximate surface area is 216 Å². The highest BCUT2D eigenvalue weighted by Crippen LogP contribution is 2.38. The number of rotatable bonds is 6. The first-order chi connectivity index (χ1) is 17.4. The van der Waals surface area contributed by atoms with Crippen LogP contribution in [0.3, 0.4) is 0 Å². The summed E-state index contributed by atoms with van der Waals surface area (Å²) in [5.41, 5.74) is -1.70. The molecule has 5 rings (SSSR count). The zero-order valence-corrected chi connectivity index (χ0v) is 22.1. The van der Waals surface area contributed by atoms with Gasteiger partial charge in [-0.1, -0.05) is 6.92 Å².